The van der Waals surface area contributed by atoms with Crippen molar-refractivity contribution >= 4 is 0 Å². The summed E-state index contributed by atoms with van der Waals surface area (Å²) in [7, 11) is 0. The van der Waals surface area contributed by atoms with Gasteiger partial charge in [0.2, 0.25) is 0 Å². The van der Waals surface area contributed by atoms with Crippen LogP contribution in [0, 0.1) is 0 Å². The van der Waals surface area contributed by atoms with E-state index in [1.165, 1.54) is 5.56 Å². The van der Waals surface area contributed by atoms with E-state index in [-0.39, 0.29) is 5.60 Å². The molecule has 0 bridgehead atoms. The van der Waals surface area contributed by atoms with E-state index in [0.29, 0.717) is 0 Å². The van der Waals surface area contributed by atoms with E-state index in [1.807, 2.05) is 6.08 Å². The van der Waals surface area contributed by atoms with E-state index < -0.39 is 0 Å². The van der Waals surface area contributed by atoms with Crippen molar-refractivity contribution in [2.45, 2.75) is 31.8 Å². The molecule has 0 aliphatic heterocycles. The van der Waals surface area contributed by atoms with Crippen LogP contribution in [0.25, 0.3) is 0 Å². The van der Waals surface area contributed by atoms with Crippen molar-refractivity contribution < 1.29 is 4.74 Å². The monoisotopic (exact) mass is 214 g/mol. The average Bonchev–Trinajstić information content (AvgIpc) is 3.08. The summed E-state index contributed by atoms with van der Waals surface area (Å²) in [6, 6.07) is 8.37. The predicted molar refractivity (Wildman–Crippen MR) is 67.8 cm³/mol. The second-order valence-electron chi connectivity index (χ2n) is 4.26. The molecule has 2 rings (SSSR count). The maximum absolute atomic E-state index is 5.98. The Balaban J connectivity index is 2.03. The second kappa shape index (κ2) is 4.56. The molecule has 1 heteroatoms. The highest BCUT2D eigenvalue weighted by molar-refractivity contribution is 5.30. The summed E-state index contributed by atoms with van der Waals surface area (Å²) in [5, 5.41) is 0. The number of rotatable bonds is 5. The van der Waals surface area contributed by atoms with Gasteiger partial charge in [-0.05, 0) is 43.0 Å². The van der Waals surface area contributed by atoms with E-state index in [0.717, 1.165) is 25.0 Å². The smallest absolute Gasteiger partial charge is 0.128 e. The molecule has 0 unspecified atom stereocenters. The molecule has 0 atom stereocenters. The van der Waals surface area contributed by atoms with Crippen LogP contribution in [0.2, 0.25) is 0 Å². The Bertz CT molecular complexity index is 382. The lowest BCUT2D eigenvalue weighted by Gasteiger charge is -2.14. The first kappa shape index (κ1) is 11.0. The molecule has 0 radical (unpaired) electrons. The molecule has 16 heavy (non-hydrogen) atoms. The number of ether oxygens (including phenoxy) is 1. The zero-order valence-electron chi connectivity index (χ0n) is 9.78. The molecule has 1 aliphatic carbocycles. The van der Waals surface area contributed by atoms with Gasteiger partial charge >= 0.3 is 0 Å². The first-order valence-electron chi connectivity index (χ1n) is 5.86. The molecule has 0 aromatic heterocycles. The topological polar surface area (TPSA) is 9.23 Å². The molecule has 1 aromatic carbocycles. The van der Waals surface area contributed by atoms with Crippen molar-refractivity contribution in [3.05, 3.63) is 54.6 Å². The fraction of sp³-hybridized carbons (Fsp3) is 0.333. The van der Waals surface area contributed by atoms with Gasteiger partial charge < -0.3 is 4.74 Å². The molecular formula is C15H18O. The molecule has 0 saturated heterocycles. The summed E-state index contributed by atoms with van der Waals surface area (Å²) in [5.41, 5.74) is 1.29. The normalized spacial score (nSPS) is 17.3. The van der Waals surface area contributed by atoms with Crippen LogP contribution in [0.15, 0.2) is 49.1 Å². The van der Waals surface area contributed by atoms with Crippen molar-refractivity contribution in [3.8, 4) is 5.75 Å². The van der Waals surface area contributed by atoms with Gasteiger partial charge in [-0.15, -0.1) is 0 Å². The summed E-state index contributed by atoms with van der Waals surface area (Å²) >= 11 is 0. The van der Waals surface area contributed by atoms with Crippen LogP contribution >= 0.6 is 0 Å². The highest BCUT2D eigenvalue weighted by atomic mass is 16.5. The molecule has 0 spiro atoms. The van der Waals surface area contributed by atoms with Gasteiger partial charge in [-0.2, -0.15) is 0 Å². The van der Waals surface area contributed by atoms with Crippen LogP contribution in [-0.4, -0.2) is 5.60 Å². The van der Waals surface area contributed by atoms with Gasteiger partial charge in [0.25, 0.3) is 0 Å². The minimum Gasteiger partial charge on any atom is -0.483 e. The van der Waals surface area contributed by atoms with Crippen molar-refractivity contribution in [2.24, 2.45) is 0 Å². The quantitative estimate of drug-likeness (QED) is 0.675. The first-order chi connectivity index (χ1) is 7.78. The fourth-order valence-electron chi connectivity index (χ4n) is 1.70. The van der Waals surface area contributed by atoms with E-state index in [4.69, 9.17) is 4.74 Å². The zero-order valence-corrected chi connectivity index (χ0v) is 9.78. The molecule has 1 aliphatic rings. The zero-order chi connectivity index (χ0) is 11.4. The Hall–Kier alpha value is -1.50. The van der Waals surface area contributed by atoms with Gasteiger partial charge in [0.1, 0.15) is 11.4 Å². The summed E-state index contributed by atoms with van der Waals surface area (Å²) in [6.45, 7) is 5.84. The standard InChI is InChI=1S/C15H18O/c1-3-5-10-15(11-12-15)16-14-8-6-13(4-2)7-9-14/h3,5-10H,1,4,11-12H2,2H3/b10-5-. The predicted octanol–water partition coefficient (Wildman–Crippen LogP) is 3.90. The Morgan fingerprint density at radius 1 is 1.31 bits per heavy atom. The Kier molecular flexibility index (Phi) is 3.14. The van der Waals surface area contributed by atoms with Crippen molar-refractivity contribution in [3.63, 3.8) is 0 Å². The third-order valence-corrected chi connectivity index (χ3v) is 2.93. The lowest BCUT2D eigenvalue weighted by atomic mass is 10.2. The van der Waals surface area contributed by atoms with E-state index in [1.54, 1.807) is 6.08 Å². The van der Waals surface area contributed by atoms with E-state index >= 15 is 0 Å². The third-order valence-electron chi connectivity index (χ3n) is 2.93. The Morgan fingerprint density at radius 2 is 2.00 bits per heavy atom. The number of benzene rings is 1. The van der Waals surface area contributed by atoms with Gasteiger partial charge in [-0.1, -0.05) is 37.8 Å². The van der Waals surface area contributed by atoms with Gasteiger partial charge in [0, 0.05) is 0 Å². The van der Waals surface area contributed by atoms with Crippen LogP contribution in [0.5, 0.6) is 5.75 Å². The Morgan fingerprint density at radius 3 is 2.50 bits per heavy atom. The van der Waals surface area contributed by atoms with Gasteiger partial charge in [0.05, 0.1) is 0 Å². The molecule has 0 amide bonds. The summed E-state index contributed by atoms with van der Waals surface area (Å²) in [4.78, 5) is 0. The number of hydrogen-bond donors (Lipinski definition) is 0. The molecule has 1 fully saturated rings. The number of hydrogen-bond acceptors (Lipinski definition) is 1. The maximum atomic E-state index is 5.98. The van der Waals surface area contributed by atoms with Crippen LogP contribution in [0.4, 0.5) is 0 Å². The largest absolute Gasteiger partial charge is 0.483 e. The van der Waals surface area contributed by atoms with Crippen molar-refractivity contribution in [1.82, 2.24) is 0 Å². The number of allylic oxidation sites excluding steroid dienone is 2. The SMILES string of the molecule is C=C/C=C\C1(Oc2ccc(CC)cc2)CC1. The lowest BCUT2D eigenvalue weighted by molar-refractivity contribution is 0.230. The van der Waals surface area contributed by atoms with Gasteiger partial charge in [-0.25, -0.2) is 0 Å². The van der Waals surface area contributed by atoms with Crippen LogP contribution < -0.4 is 4.74 Å². The molecule has 1 nitrogen and oxygen atoms in total. The van der Waals surface area contributed by atoms with E-state index in [2.05, 4.69) is 43.8 Å². The minimum atomic E-state index is -0.0536. The van der Waals surface area contributed by atoms with Crippen LogP contribution in [0.3, 0.4) is 0 Å². The summed E-state index contributed by atoms with van der Waals surface area (Å²) in [6.07, 6.45) is 9.15. The summed E-state index contributed by atoms with van der Waals surface area (Å²) < 4.78 is 5.98. The van der Waals surface area contributed by atoms with Gasteiger partial charge in [0.15, 0.2) is 0 Å². The molecule has 1 saturated carbocycles. The lowest BCUT2D eigenvalue weighted by Crippen LogP contribution is -2.14. The molecule has 0 N–H and O–H groups in total. The first-order valence-corrected chi connectivity index (χ1v) is 5.86. The average molecular weight is 214 g/mol. The van der Waals surface area contributed by atoms with Crippen molar-refractivity contribution in [2.75, 3.05) is 0 Å². The molecular weight excluding hydrogens is 196 g/mol. The highest BCUT2D eigenvalue weighted by Gasteiger charge is 2.42. The Labute approximate surface area is 97.4 Å². The molecule has 1 aromatic rings. The van der Waals surface area contributed by atoms with Crippen LogP contribution in [-0.2, 0) is 6.42 Å². The minimum absolute atomic E-state index is 0.0536. The van der Waals surface area contributed by atoms with Crippen molar-refractivity contribution in [1.29, 1.82) is 0 Å². The van der Waals surface area contributed by atoms with E-state index in [9.17, 15) is 0 Å². The maximum Gasteiger partial charge on any atom is 0.128 e. The highest BCUT2D eigenvalue weighted by Crippen LogP contribution is 2.41. The molecule has 84 valence electrons. The number of aryl methyl sites for hydroxylation is 1. The molecule has 0 heterocycles. The van der Waals surface area contributed by atoms with Gasteiger partial charge in [-0.3, -0.25) is 0 Å². The van der Waals surface area contributed by atoms with Crippen LogP contribution in [0.1, 0.15) is 25.3 Å². The summed E-state index contributed by atoms with van der Waals surface area (Å²) in [5.74, 6) is 0.961. The second-order valence-corrected chi connectivity index (χ2v) is 4.26. The fourth-order valence-corrected chi connectivity index (χ4v) is 1.70. The third kappa shape index (κ3) is 2.54.